The molecule has 0 atom stereocenters. The van der Waals surface area contributed by atoms with Gasteiger partial charge < -0.3 is 25.3 Å². The number of ether oxygens (including phenoxy) is 1. The van der Waals surface area contributed by atoms with Crippen molar-refractivity contribution in [2.45, 2.75) is 19.9 Å². The van der Waals surface area contributed by atoms with Gasteiger partial charge >= 0.3 is 0 Å². The number of morpholine rings is 1. The van der Waals surface area contributed by atoms with E-state index in [1.54, 1.807) is 12.1 Å². The van der Waals surface area contributed by atoms with Gasteiger partial charge in [-0.05, 0) is 43.2 Å². The van der Waals surface area contributed by atoms with Gasteiger partial charge in [-0.15, -0.1) is 0 Å². The predicted molar refractivity (Wildman–Crippen MR) is 122 cm³/mol. The molecule has 0 radical (unpaired) electrons. The predicted octanol–water partition coefficient (Wildman–Crippen LogP) is 2.84. The van der Waals surface area contributed by atoms with Crippen LogP contribution in [0.4, 0.5) is 10.2 Å². The third kappa shape index (κ3) is 5.32. The number of fused-ring (bicyclic) bond motifs is 1. The topological polar surface area (TPSA) is 77.6 Å². The summed E-state index contributed by atoms with van der Waals surface area (Å²) in [6.07, 6.45) is 4.53. The van der Waals surface area contributed by atoms with Crippen molar-refractivity contribution in [3.8, 4) is 0 Å². The lowest BCUT2D eigenvalue weighted by atomic mass is 10.1. The molecular weight excluding hydrogens is 395 g/mol. The molecule has 1 aromatic carbocycles. The zero-order valence-corrected chi connectivity index (χ0v) is 17.8. The monoisotopic (exact) mass is 424 g/mol. The Morgan fingerprint density at radius 1 is 1.23 bits per heavy atom. The Balaban J connectivity index is 1.40. The van der Waals surface area contributed by atoms with Gasteiger partial charge in [0, 0.05) is 55.0 Å². The van der Waals surface area contributed by atoms with Crippen LogP contribution in [0.5, 0.6) is 0 Å². The largest absolute Gasteiger partial charge is 0.378 e. The van der Waals surface area contributed by atoms with Crippen molar-refractivity contribution in [2.75, 3.05) is 44.3 Å². The molecule has 0 saturated carbocycles. The first kappa shape index (κ1) is 21.1. The zero-order valence-electron chi connectivity index (χ0n) is 17.8. The molecule has 8 heteroatoms. The van der Waals surface area contributed by atoms with E-state index in [1.165, 1.54) is 6.07 Å². The first-order chi connectivity index (χ1) is 15.2. The summed E-state index contributed by atoms with van der Waals surface area (Å²) in [5.41, 5.74) is 3.12. The number of halogens is 1. The van der Waals surface area contributed by atoms with Gasteiger partial charge in [-0.1, -0.05) is 6.07 Å². The fourth-order valence-corrected chi connectivity index (χ4v) is 3.79. The Bertz CT molecular complexity index is 1030. The summed E-state index contributed by atoms with van der Waals surface area (Å²) in [5, 5.41) is 7.61. The molecule has 0 aliphatic carbocycles. The van der Waals surface area contributed by atoms with Crippen molar-refractivity contribution >= 4 is 22.7 Å². The number of H-pyrrole nitrogens is 1. The van der Waals surface area contributed by atoms with Crippen LogP contribution in [-0.4, -0.2) is 55.3 Å². The molecule has 164 valence electrons. The van der Waals surface area contributed by atoms with Crippen molar-refractivity contribution in [3.63, 3.8) is 0 Å². The van der Waals surface area contributed by atoms with E-state index in [0.29, 0.717) is 13.1 Å². The summed E-state index contributed by atoms with van der Waals surface area (Å²) in [7, 11) is 0. The summed E-state index contributed by atoms with van der Waals surface area (Å²) in [6, 6.07) is 8.85. The molecule has 1 aliphatic heterocycles. The Hall–Kier alpha value is -3.13. The van der Waals surface area contributed by atoms with Gasteiger partial charge in [0.2, 0.25) is 0 Å². The minimum absolute atomic E-state index is 0.219. The number of nitrogens with zero attached hydrogens (tertiary/aromatic N) is 3. The molecule has 1 aliphatic rings. The van der Waals surface area contributed by atoms with Gasteiger partial charge in [0.1, 0.15) is 11.6 Å². The second-order valence-corrected chi connectivity index (χ2v) is 7.46. The van der Waals surface area contributed by atoms with E-state index < -0.39 is 0 Å². The SMILES string of the molecule is CCNC(=NCc1cccnc1N1CCOCC1)NCCc1c[nH]c2ccc(F)cc12. The minimum Gasteiger partial charge on any atom is -0.378 e. The Labute approximate surface area is 181 Å². The summed E-state index contributed by atoms with van der Waals surface area (Å²) >= 11 is 0. The lowest BCUT2D eigenvalue weighted by molar-refractivity contribution is 0.122. The van der Waals surface area contributed by atoms with Crippen LogP contribution < -0.4 is 15.5 Å². The van der Waals surface area contributed by atoms with Gasteiger partial charge in [-0.2, -0.15) is 0 Å². The third-order valence-corrected chi connectivity index (χ3v) is 5.35. The van der Waals surface area contributed by atoms with Gasteiger partial charge in [-0.3, -0.25) is 0 Å². The number of benzene rings is 1. The van der Waals surface area contributed by atoms with Crippen LogP contribution in [0.1, 0.15) is 18.1 Å². The highest BCUT2D eigenvalue weighted by Crippen LogP contribution is 2.20. The third-order valence-electron chi connectivity index (χ3n) is 5.35. The van der Waals surface area contributed by atoms with Crippen LogP contribution in [-0.2, 0) is 17.7 Å². The highest BCUT2D eigenvalue weighted by molar-refractivity contribution is 5.83. The lowest BCUT2D eigenvalue weighted by Crippen LogP contribution is -2.38. The van der Waals surface area contributed by atoms with Crippen LogP contribution in [0.15, 0.2) is 47.7 Å². The second-order valence-electron chi connectivity index (χ2n) is 7.46. The van der Waals surface area contributed by atoms with Crippen molar-refractivity contribution in [1.29, 1.82) is 0 Å². The molecule has 4 rings (SSSR count). The molecule has 3 N–H and O–H groups in total. The fraction of sp³-hybridized carbons (Fsp3) is 0.391. The van der Waals surface area contributed by atoms with Crippen LogP contribution in [0, 0.1) is 5.82 Å². The summed E-state index contributed by atoms with van der Waals surface area (Å²) in [5.74, 6) is 1.51. The molecular formula is C23H29FN6O. The lowest BCUT2D eigenvalue weighted by Gasteiger charge is -2.29. The zero-order chi connectivity index (χ0) is 21.5. The molecule has 31 heavy (non-hydrogen) atoms. The maximum absolute atomic E-state index is 13.6. The van der Waals surface area contributed by atoms with Crippen molar-refractivity contribution in [3.05, 3.63) is 59.7 Å². The number of hydrogen-bond donors (Lipinski definition) is 3. The van der Waals surface area contributed by atoms with Gasteiger partial charge in [-0.25, -0.2) is 14.4 Å². The highest BCUT2D eigenvalue weighted by Gasteiger charge is 2.15. The first-order valence-electron chi connectivity index (χ1n) is 10.8. The average molecular weight is 425 g/mol. The van der Waals surface area contributed by atoms with Gasteiger partial charge in [0.05, 0.1) is 19.8 Å². The summed E-state index contributed by atoms with van der Waals surface area (Å²) < 4.78 is 19.1. The summed E-state index contributed by atoms with van der Waals surface area (Å²) in [4.78, 5) is 14.8. The molecule has 2 aromatic heterocycles. The molecule has 0 spiro atoms. The number of nitrogens with one attached hydrogen (secondary N) is 3. The molecule has 0 unspecified atom stereocenters. The van der Waals surface area contributed by atoms with Gasteiger partial charge in [0.15, 0.2) is 5.96 Å². The Kier molecular flexibility index (Phi) is 6.99. The van der Waals surface area contributed by atoms with Crippen molar-refractivity contribution in [2.24, 2.45) is 4.99 Å². The maximum atomic E-state index is 13.6. The summed E-state index contributed by atoms with van der Waals surface area (Å²) in [6.45, 7) is 7.18. The number of aromatic nitrogens is 2. The number of guanidine groups is 1. The number of rotatable bonds is 7. The normalized spacial score (nSPS) is 14.8. The van der Waals surface area contributed by atoms with Crippen LogP contribution in [0.2, 0.25) is 0 Å². The molecule has 0 amide bonds. The quantitative estimate of drug-likeness (QED) is 0.402. The van der Waals surface area contributed by atoms with E-state index in [9.17, 15) is 4.39 Å². The Morgan fingerprint density at radius 3 is 2.94 bits per heavy atom. The van der Waals surface area contributed by atoms with Crippen LogP contribution >= 0.6 is 0 Å². The van der Waals surface area contributed by atoms with E-state index in [0.717, 1.165) is 73.1 Å². The molecule has 7 nitrogen and oxygen atoms in total. The average Bonchev–Trinajstić information content (AvgIpc) is 3.20. The van der Waals surface area contributed by atoms with Crippen LogP contribution in [0.25, 0.3) is 10.9 Å². The first-order valence-corrected chi connectivity index (χ1v) is 10.8. The van der Waals surface area contributed by atoms with E-state index >= 15 is 0 Å². The minimum atomic E-state index is -0.219. The Morgan fingerprint density at radius 2 is 2.10 bits per heavy atom. The number of aliphatic imine (C=N–C) groups is 1. The molecule has 0 bridgehead atoms. The van der Waals surface area contributed by atoms with Crippen molar-refractivity contribution < 1.29 is 9.13 Å². The standard InChI is InChI=1S/C23H29FN6O/c1-2-25-23(27-9-7-17-15-28-21-6-5-19(24)14-20(17)21)29-16-18-4-3-8-26-22(18)30-10-12-31-13-11-30/h3-6,8,14-15,28H,2,7,9-13,16H2,1H3,(H2,25,27,29). The van der Waals surface area contributed by atoms with E-state index in [4.69, 9.17) is 9.73 Å². The fourth-order valence-electron chi connectivity index (χ4n) is 3.79. The van der Waals surface area contributed by atoms with E-state index in [1.807, 2.05) is 25.4 Å². The number of anilines is 1. The number of hydrogen-bond acceptors (Lipinski definition) is 4. The van der Waals surface area contributed by atoms with Gasteiger partial charge in [0.25, 0.3) is 0 Å². The highest BCUT2D eigenvalue weighted by atomic mass is 19.1. The molecule has 1 saturated heterocycles. The van der Waals surface area contributed by atoms with E-state index in [2.05, 4.69) is 31.6 Å². The maximum Gasteiger partial charge on any atom is 0.191 e. The molecule has 3 heterocycles. The van der Waals surface area contributed by atoms with Crippen LogP contribution in [0.3, 0.4) is 0 Å². The number of aromatic amines is 1. The second kappa shape index (κ2) is 10.3. The van der Waals surface area contributed by atoms with E-state index in [-0.39, 0.29) is 5.82 Å². The molecule has 3 aromatic rings. The smallest absolute Gasteiger partial charge is 0.191 e. The number of pyridine rings is 1. The van der Waals surface area contributed by atoms with Crippen molar-refractivity contribution in [1.82, 2.24) is 20.6 Å². The molecule has 1 fully saturated rings.